The van der Waals surface area contributed by atoms with Gasteiger partial charge in [0, 0.05) is 30.6 Å². The molecular weight excluding hydrogens is 412 g/mol. The van der Waals surface area contributed by atoms with Gasteiger partial charge in [-0.25, -0.2) is 14.6 Å². The third-order valence-corrected chi connectivity index (χ3v) is 5.42. The molecule has 3 aromatic rings. The number of pyridine rings is 1. The molecule has 4 rings (SSSR count). The summed E-state index contributed by atoms with van der Waals surface area (Å²) in [5.74, 6) is 1.38. The summed E-state index contributed by atoms with van der Waals surface area (Å²) >= 11 is 0. The molecular formula is C22H24N6O4. The Hall–Kier alpha value is -3.95. The first-order valence-corrected chi connectivity index (χ1v) is 10.2. The van der Waals surface area contributed by atoms with Gasteiger partial charge >= 0.3 is 0 Å². The molecule has 32 heavy (non-hydrogen) atoms. The predicted octanol–water partition coefficient (Wildman–Crippen LogP) is 2.17. The second-order valence-electron chi connectivity index (χ2n) is 7.40. The summed E-state index contributed by atoms with van der Waals surface area (Å²) in [6.07, 6.45) is 5.74. The number of nitrogens with zero attached hydrogens (tertiary/aromatic N) is 5. The zero-order chi connectivity index (χ0) is 22.5. The summed E-state index contributed by atoms with van der Waals surface area (Å²) in [4.78, 5) is 35.6. The molecule has 1 aliphatic heterocycles. The van der Waals surface area contributed by atoms with E-state index in [1.807, 2.05) is 0 Å². The highest BCUT2D eigenvalue weighted by Gasteiger charge is 2.28. The van der Waals surface area contributed by atoms with Crippen LogP contribution in [0.1, 0.15) is 23.2 Å². The van der Waals surface area contributed by atoms with Gasteiger partial charge in [-0.05, 0) is 37.1 Å². The monoisotopic (exact) mass is 436 g/mol. The molecule has 10 nitrogen and oxygen atoms in total. The number of hydrogen-bond acceptors (Lipinski definition) is 7. The fourth-order valence-corrected chi connectivity index (χ4v) is 3.62. The van der Waals surface area contributed by atoms with Crippen LogP contribution in [-0.4, -0.2) is 63.8 Å². The number of nitrogens with one attached hydrogen (secondary N) is 1. The molecule has 3 heterocycles. The molecule has 0 aliphatic carbocycles. The van der Waals surface area contributed by atoms with Crippen molar-refractivity contribution < 1.29 is 19.1 Å². The summed E-state index contributed by atoms with van der Waals surface area (Å²) in [6, 6.07) is 8.64. The number of carbonyl (C=O) groups is 2. The quantitative estimate of drug-likeness (QED) is 0.630. The van der Waals surface area contributed by atoms with E-state index >= 15 is 0 Å². The van der Waals surface area contributed by atoms with Crippen LogP contribution in [-0.2, 0) is 4.79 Å². The number of piperidine rings is 1. The summed E-state index contributed by atoms with van der Waals surface area (Å²) in [5.41, 5.74) is 1.11. The van der Waals surface area contributed by atoms with E-state index in [9.17, 15) is 9.59 Å². The van der Waals surface area contributed by atoms with Gasteiger partial charge in [-0.15, -0.1) is 0 Å². The Morgan fingerprint density at radius 2 is 1.78 bits per heavy atom. The van der Waals surface area contributed by atoms with Gasteiger partial charge in [-0.2, -0.15) is 5.10 Å². The first kappa shape index (κ1) is 21.3. The van der Waals surface area contributed by atoms with Gasteiger partial charge in [0.2, 0.25) is 5.91 Å². The minimum absolute atomic E-state index is 0.0737. The molecule has 0 radical (unpaired) electrons. The lowest BCUT2D eigenvalue weighted by Gasteiger charge is -2.31. The molecule has 0 atom stereocenters. The average Bonchev–Trinajstić information content (AvgIpc) is 3.39. The molecule has 1 aromatic carbocycles. The zero-order valence-corrected chi connectivity index (χ0v) is 17.9. The second kappa shape index (κ2) is 9.46. The molecule has 0 bridgehead atoms. The van der Waals surface area contributed by atoms with E-state index in [2.05, 4.69) is 20.4 Å². The lowest BCUT2D eigenvalue weighted by molar-refractivity contribution is -0.121. The molecule has 166 valence electrons. The van der Waals surface area contributed by atoms with Crippen LogP contribution >= 0.6 is 0 Å². The molecule has 0 spiro atoms. The number of ether oxygens (including phenoxy) is 2. The van der Waals surface area contributed by atoms with Crippen molar-refractivity contribution >= 4 is 17.5 Å². The molecule has 1 aliphatic rings. The van der Waals surface area contributed by atoms with Crippen LogP contribution in [0.4, 0.5) is 5.69 Å². The Morgan fingerprint density at radius 1 is 1.06 bits per heavy atom. The number of anilines is 1. The first-order chi connectivity index (χ1) is 15.6. The smallest absolute Gasteiger partial charge is 0.254 e. The first-order valence-electron chi connectivity index (χ1n) is 10.2. The van der Waals surface area contributed by atoms with E-state index in [4.69, 9.17) is 9.47 Å². The zero-order valence-electron chi connectivity index (χ0n) is 17.9. The van der Waals surface area contributed by atoms with Crippen LogP contribution in [0.3, 0.4) is 0 Å². The van der Waals surface area contributed by atoms with Crippen molar-refractivity contribution in [2.75, 3.05) is 32.6 Å². The molecule has 1 saturated heterocycles. The molecule has 0 unspecified atom stereocenters. The van der Waals surface area contributed by atoms with Crippen LogP contribution < -0.4 is 14.8 Å². The fourth-order valence-electron chi connectivity index (χ4n) is 3.62. The third kappa shape index (κ3) is 4.69. The van der Waals surface area contributed by atoms with Gasteiger partial charge in [-0.3, -0.25) is 9.59 Å². The van der Waals surface area contributed by atoms with E-state index in [1.165, 1.54) is 11.0 Å². The van der Waals surface area contributed by atoms with Crippen LogP contribution in [0.25, 0.3) is 5.82 Å². The predicted molar refractivity (Wildman–Crippen MR) is 116 cm³/mol. The highest BCUT2D eigenvalue weighted by molar-refractivity contribution is 5.96. The maximum atomic E-state index is 12.9. The molecule has 1 fully saturated rings. The molecule has 10 heteroatoms. The number of aromatic nitrogens is 4. The van der Waals surface area contributed by atoms with Gasteiger partial charge in [0.1, 0.15) is 24.2 Å². The van der Waals surface area contributed by atoms with Gasteiger partial charge < -0.3 is 19.7 Å². The highest BCUT2D eigenvalue weighted by Crippen LogP contribution is 2.26. The number of likely N-dealkylation sites (tertiary alicyclic amines) is 1. The van der Waals surface area contributed by atoms with Gasteiger partial charge in [0.15, 0.2) is 5.82 Å². The highest BCUT2D eigenvalue weighted by atomic mass is 16.5. The standard InChI is InChI=1S/C22H24N6O4/c1-31-18-9-16(10-19(11-18)32-2)22(30)27-7-5-15(6-8-27)21(29)26-17-3-4-20(24-12-17)28-14-23-13-25-28/h3-4,9-15H,5-8H2,1-2H3,(H,26,29). The maximum Gasteiger partial charge on any atom is 0.254 e. The number of hydrogen-bond donors (Lipinski definition) is 1. The van der Waals surface area contributed by atoms with Gasteiger partial charge in [-0.1, -0.05) is 0 Å². The summed E-state index contributed by atoms with van der Waals surface area (Å²) < 4.78 is 12.0. The SMILES string of the molecule is COc1cc(OC)cc(C(=O)N2CCC(C(=O)Nc3ccc(-n4cncn4)nc3)CC2)c1. The summed E-state index contributed by atoms with van der Waals surface area (Å²) in [5, 5.41) is 6.93. The van der Waals surface area contributed by atoms with Crippen molar-refractivity contribution in [2.45, 2.75) is 12.8 Å². The summed E-state index contributed by atoms with van der Waals surface area (Å²) in [6.45, 7) is 1.000. The van der Waals surface area contributed by atoms with E-state index in [0.717, 1.165) is 0 Å². The molecule has 2 aromatic heterocycles. The Labute approximate surface area is 185 Å². The van der Waals surface area contributed by atoms with Gasteiger partial charge in [0.25, 0.3) is 5.91 Å². The number of methoxy groups -OCH3 is 2. The van der Waals surface area contributed by atoms with Gasteiger partial charge in [0.05, 0.1) is 26.1 Å². The van der Waals surface area contributed by atoms with Crippen LogP contribution in [0, 0.1) is 5.92 Å². The van der Waals surface area contributed by atoms with Crippen molar-refractivity contribution in [3.05, 3.63) is 54.7 Å². The largest absolute Gasteiger partial charge is 0.497 e. The number of rotatable bonds is 6. The van der Waals surface area contributed by atoms with Crippen LogP contribution in [0.15, 0.2) is 49.2 Å². The lowest BCUT2D eigenvalue weighted by atomic mass is 9.95. The Morgan fingerprint density at radius 3 is 2.34 bits per heavy atom. The number of carbonyl (C=O) groups excluding carboxylic acids is 2. The Kier molecular flexibility index (Phi) is 6.29. The fraction of sp³-hybridized carbons (Fsp3) is 0.318. The van der Waals surface area contributed by atoms with Crippen molar-refractivity contribution in [1.29, 1.82) is 0 Å². The minimum Gasteiger partial charge on any atom is -0.497 e. The van der Waals surface area contributed by atoms with Crippen molar-refractivity contribution in [3.63, 3.8) is 0 Å². The molecule has 0 saturated carbocycles. The number of benzene rings is 1. The third-order valence-electron chi connectivity index (χ3n) is 5.42. The topological polar surface area (TPSA) is 111 Å². The van der Waals surface area contributed by atoms with Crippen LogP contribution in [0.5, 0.6) is 11.5 Å². The normalized spacial score (nSPS) is 14.1. The maximum absolute atomic E-state index is 12.9. The molecule has 1 N–H and O–H groups in total. The Bertz CT molecular complexity index is 1050. The van der Waals surface area contributed by atoms with Crippen LogP contribution in [0.2, 0.25) is 0 Å². The van der Waals surface area contributed by atoms with E-state index in [1.54, 1.807) is 62.0 Å². The van der Waals surface area contributed by atoms with E-state index in [-0.39, 0.29) is 17.7 Å². The average molecular weight is 436 g/mol. The Balaban J connectivity index is 1.33. The van der Waals surface area contributed by atoms with Crippen molar-refractivity contribution in [2.24, 2.45) is 5.92 Å². The molecule has 2 amide bonds. The number of amides is 2. The van der Waals surface area contributed by atoms with E-state index in [0.29, 0.717) is 54.5 Å². The van der Waals surface area contributed by atoms with Crippen molar-refractivity contribution in [1.82, 2.24) is 24.6 Å². The second-order valence-corrected chi connectivity index (χ2v) is 7.40. The lowest BCUT2D eigenvalue weighted by Crippen LogP contribution is -2.41. The summed E-state index contributed by atoms with van der Waals surface area (Å²) in [7, 11) is 3.09. The van der Waals surface area contributed by atoms with Crippen molar-refractivity contribution in [3.8, 4) is 17.3 Å². The minimum atomic E-state index is -0.172. The van der Waals surface area contributed by atoms with E-state index < -0.39 is 0 Å².